The zero-order valence-electron chi connectivity index (χ0n) is 17.1. The second-order valence-electron chi connectivity index (χ2n) is 7.42. The van der Waals surface area contributed by atoms with E-state index in [4.69, 9.17) is 4.74 Å². The summed E-state index contributed by atoms with van der Waals surface area (Å²) in [7, 11) is 1.84. The van der Waals surface area contributed by atoms with Gasteiger partial charge in [-0.15, -0.1) is 0 Å². The molecule has 0 saturated carbocycles. The molecule has 1 amide bonds. The number of carbonyl (C=O) groups excluding carboxylic acids is 1. The lowest BCUT2D eigenvalue weighted by molar-refractivity contribution is -0.122. The Labute approximate surface area is 168 Å². The highest BCUT2D eigenvalue weighted by Crippen LogP contribution is 2.20. The minimum atomic E-state index is -0.104. The molecule has 1 aromatic carbocycles. The Kier molecular flexibility index (Phi) is 7.54. The molecule has 2 aliphatic heterocycles. The van der Waals surface area contributed by atoms with Crippen LogP contribution in [0.5, 0.6) is 5.75 Å². The van der Waals surface area contributed by atoms with Crippen LogP contribution >= 0.6 is 0 Å². The number of hydrogen-bond donors (Lipinski definition) is 2. The summed E-state index contributed by atoms with van der Waals surface area (Å²) >= 11 is 0. The van der Waals surface area contributed by atoms with Crippen LogP contribution in [0, 0.1) is 0 Å². The fourth-order valence-corrected chi connectivity index (χ4v) is 3.99. The Bertz CT molecular complexity index is 673. The number of rotatable bonds is 7. The zero-order chi connectivity index (χ0) is 19.8. The minimum absolute atomic E-state index is 0.0397. The van der Waals surface area contributed by atoms with Gasteiger partial charge in [-0.05, 0) is 57.0 Å². The van der Waals surface area contributed by atoms with Crippen LogP contribution in [0.2, 0.25) is 0 Å². The Morgan fingerprint density at radius 3 is 2.82 bits per heavy atom. The number of nitrogens with zero attached hydrogens (tertiary/aromatic N) is 3. The summed E-state index contributed by atoms with van der Waals surface area (Å²) in [4.78, 5) is 21.0. The van der Waals surface area contributed by atoms with Gasteiger partial charge in [0, 0.05) is 39.3 Å². The number of carbonyl (C=O) groups is 1. The Morgan fingerprint density at radius 2 is 2.07 bits per heavy atom. The Morgan fingerprint density at radius 1 is 1.25 bits per heavy atom. The van der Waals surface area contributed by atoms with Crippen molar-refractivity contribution in [2.75, 3.05) is 46.4 Å². The lowest BCUT2D eigenvalue weighted by Crippen LogP contribution is -2.42. The van der Waals surface area contributed by atoms with Gasteiger partial charge < -0.3 is 20.3 Å². The van der Waals surface area contributed by atoms with Gasteiger partial charge in [0.15, 0.2) is 12.6 Å². The first kappa shape index (κ1) is 20.5. The van der Waals surface area contributed by atoms with Crippen molar-refractivity contribution < 1.29 is 9.53 Å². The normalized spacial score (nSPS) is 20.4. The lowest BCUT2D eigenvalue weighted by atomic mass is 10.2. The smallest absolute Gasteiger partial charge is 0.257 e. The third kappa shape index (κ3) is 5.61. The Balaban J connectivity index is 1.48. The van der Waals surface area contributed by atoms with Gasteiger partial charge in [-0.2, -0.15) is 0 Å². The summed E-state index contributed by atoms with van der Waals surface area (Å²) < 4.78 is 5.58. The van der Waals surface area contributed by atoms with Gasteiger partial charge in [0.2, 0.25) is 0 Å². The van der Waals surface area contributed by atoms with Crippen LogP contribution < -0.4 is 15.4 Å². The fourth-order valence-electron chi connectivity index (χ4n) is 3.99. The maximum Gasteiger partial charge on any atom is 0.257 e. The van der Waals surface area contributed by atoms with Gasteiger partial charge in [0.1, 0.15) is 5.75 Å². The molecule has 2 heterocycles. The molecule has 0 aromatic heterocycles. The summed E-state index contributed by atoms with van der Waals surface area (Å²) in [5, 5.41) is 6.21. The van der Waals surface area contributed by atoms with Crippen LogP contribution in [0.25, 0.3) is 0 Å². The zero-order valence-corrected chi connectivity index (χ0v) is 17.1. The molecule has 28 heavy (non-hydrogen) atoms. The third-order valence-electron chi connectivity index (χ3n) is 5.42. The minimum Gasteiger partial charge on any atom is -0.484 e. The highest BCUT2D eigenvalue weighted by atomic mass is 16.5. The molecule has 1 atom stereocenters. The lowest BCUT2D eigenvalue weighted by Gasteiger charge is -2.25. The summed E-state index contributed by atoms with van der Waals surface area (Å²) in [5.74, 6) is 1.55. The SMILES string of the molecule is CCNC(=O)COc1cccc(CNC(=NC)N2CCC(N3CCCC3)C2)c1. The van der Waals surface area contributed by atoms with E-state index in [1.807, 2.05) is 32.2 Å². The molecule has 7 nitrogen and oxygen atoms in total. The maximum atomic E-state index is 11.6. The largest absolute Gasteiger partial charge is 0.484 e. The van der Waals surface area contributed by atoms with Gasteiger partial charge in [0.05, 0.1) is 0 Å². The van der Waals surface area contributed by atoms with Gasteiger partial charge in [0.25, 0.3) is 5.91 Å². The average molecular weight is 388 g/mol. The molecule has 2 fully saturated rings. The van der Waals surface area contributed by atoms with Crippen molar-refractivity contribution in [1.82, 2.24) is 20.4 Å². The molecule has 3 rings (SSSR count). The van der Waals surface area contributed by atoms with Crippen LogP contribution in [-0.2, 0) is 11.3 Å². The predicted octanol–water partition coefficient (Wildman–Crippen LogP) is 1.45. The van der Waals surface area contributed by atoms with Crippen molar-refractivity contribution in [2.45, 2.75) is 38.8 Å². The highest BCUT2D eigenvalue weighted by molar-refractivity contribution is 5.80. The molecule has 0 aliphatic carbocycles. The van der Waals surface area contributed by atoms with E-state index in [2.05, 4.69) is 31.5 Å². The average Bonchev–Trinajstić information content (AvgIpc) is 3.39. The van der Waals surface area contributed by atoms with Crippen molar-refractivity contribution in [1.29, 1.82) is 0 Å². The molecule has 1 unspecified atom stereocenters. The van der Waals surface area contributed by atoms with Crippen molar-refractivity contribution in [3.63, 3.8) is 0 Å². The molecular weight excluding hydrogens is 354 g/mol. The van der Waals surface area contributed by atoms with E-state index in [1.54, 1.807) is 0 Å². The van der Waals surface area contributed by atoms with Gasteiger partial charge in [-0.3, -0.25) is 14.7 Å². The van der Waals surface area contributed by atoms with Crippen LogP contribution in [0.4, 0.5) is 0 Å². The third-order valence-corrected chi connectivity index (χ3v) is 5.42. The molecule has 0 radical (unpaired) electrons. The van der Waals surface area contributed by atoms with E-state index >= 15 is 0 Å². The van der Waals surface area contributed by atoms with Crippen molar-refractivity contribution in [2.24, 2.45) is 4.99 Å². The van der Waals surface area contributed by atoms with Crippen LogP contribution in [-0.4, -0.2) is 74.1 Å². The van der Waals surface area contributed by atoms with Gasteiger partial charge >= 0.3 is 0 Å². The van der Waals surface area contributed by atoms with E-state index in [0.717, 1.165) is 24.6 Å². The first-order valence-electron chi connectivity index (χ1n) is 10.4. The maximum absolute atomic E-state index is 11.6. The van der Waals surface area contributed by atoms with Crippen LogP contribution in [0.1, 0.15) is 31.7 Å². The standard InChI is InChI=1S/C21H33N5O2/c1-3-23-20(27)16-28-19-8-6-7-17(13-19)14-24-21(22-2)26-12-9-18(15-26)25-10-4-5-11-25/h6-8,13,18H,3-5,9-12,14-16H2,1-2H3,(H,22,24)(H,23,27). The monoisotopic (exact) mass is 387 g/mol. The highest BCUT2D eigenvalue weighted by Gasteiger charge is 2.30. The molecular formula is C21H33N5O2. The first-order chi connectivity index (χ1) is 13.7. The summed E-state index contributed by atoms with van der Waals surface area (Å²) in [6, 6.07) is 8.50. The van der Waals surface area contributed by atoms with Crippen molar-refractivity contribution >= 4 is 11.9 Å². The predicted molar refractivity (Wildman–Crippen MR) is 112 cm³/mol. The first-order valence-corrected chi connectivity index (χ1v) is 10.4. The number of likely N-dealkylation sites (tertiary alicyclic amines) is 2. The van der Waals surface area contributed by atoms with E-state index in [9.17, 15) is 4.79 Å². The second-order valence-corrected chi connectivity index (χ2v) is 7.42. The number of hydrogen-bond acceptors (Lipinski definition) is 4. The number of aliphatic imine (C=N–C) groups is 1. The number of nitrogens with one attached hydrogen (secondary N) is 2. The summed E-state index contributed by atoms with van der Waals surface area (Å²) in [6.07, 6.45) is 3.88. The number of guanidine groups is 1. The van der Waals surface area contributed by atoms with Gasteiger partial charge in [-0.1, -0.05) is 12.1 Å². The van der Waals surface area contributed by atoms with E-state index in [0.29, 0.717) is 24.9 Å². The molecule has 2 N–H and O–H groups in total. The topological polar surface area (TPSA) is 69.2 Å². The Hall–Kier alpha value is -2.28. The van der Waals surface area contributed by atoms with E-state index < -0.39 is 0 Å². The molecule has 1 aromatic rings. The molecule has 2 aliphatic rings. The molecule has 2 saturated heterocycles. The van der Waals surface area contributed by atoms with Crippen LogP contribution in [0.3, 0.4) is 0 Å². The quantitative estimate of drug-likeness (QED) is 0.547. The number of amides is 1. The molecule has 154 valence electrons. The molecule has 0 bridgehead atoms. The van der Waals surface area contributed by atoms with Crippen molar-refractivity contribution in [3.8, 4) is 5.75 Å². The second kappa shape index (κ2) is 10.3. The summed E-state index contributed by atoms with van der Waals surface area (Å²) in [5.41, 5.74) is 1.10. The number of likely N-dealkylation sites (N-methyl/N-ethyl adjacent to an activating group) is 1. The number of ether oxygens (including phenoxy) is 1. The fraction of sp³-hybridized carbons (Fsp3) is 0.619. The van der Waals surface area contributed by atoms with E-state index in [1.165, 1.54) is 32.4 Å². The van der Waals surface area contributed by atoms with Gasteiger partial charge in [-0.25, -0.2) is 0 Å². The summed E-state index contributed by atoms with van der Waals surface area (Å²) in [6.45, 7) is 7.81. The van der Waals surface area contributed by atoms with Crippen LogP contribution in [0.15, 0.2) is 29.3 Å². The molecule has 7 heteroatoms. The van der Waals surface area contributed by atoms with E-state index in [-0.39, 0.29) is 12.5 Å². The van der Waals surface area contributed by atoms with Crippen molar-refractivity contribution in [3.05, 3.63) is 29.8 Å². The number of benzene rings is 1. The molecule has 0 spiro atoms.